The molecule has 0 saturated heterocycles. The molecule has 1 unspecified atom stereocenters. The zero-order chi connectivity index (χ0) is 19.5. The summed E-state index contributed by atoms with van der Waals surface area (Å²) in [6.07, 6.45) is 0. The maximum absolute atomic E-state index is 13.4. The van der Waals surface area contributed by atoms with E-state index in [0.717, 1.165) is 27.9 Å². The van der Waals surface area contributed by atoms with Crippen LogP contribution in [-0.2, 0) is 0 Å². The highest BCUT2D eigenvalue weighted by Gasteiger charge is 2.22. The molecule has 1 N–H and O–H groups in total. The number of aromatic nitrogens is 2. The lowest BCUT2D eigenvalue weighted by molar-refractivity contribution is 0.493. The molecule has 0 aliphatic heterocycles. The summed E-state index contributed by atoms with van der Waals surface area (Å²) in [4.78, 5) is 0. The first-order valence-corrected chi connectivity index (χ1v) is 9.07. The van der Waals surface area contributed by atoms with Crippen molar-refractivity contribution in [1.29, 1.82) is 0 Å². The minimum atomic E-state index is -0.397. The Bertz CT molecular complexity index is 1050. The Balaban J connectivity index is 1.73. The summed E-state index contributed by atoms with van der Waals surface area (Å²) in [5.74, 6) is 0.582. The van der Waals surface area contributed by atoms with Crippen LogP contribution in [0.2, 0.25) is 0 Å². The molecule has 0 spiro atoms. The fourth-order valence-corrected chi connectivity index (χ4v) is 3.22. The second-order valence-electron chi connectivity index (χ2n) is 6.82. The van der Waals surface area contributed by atoms with Gasteiger partial charge in [0.2, 0.25) is 11.8 Å². The van der Waals surface area contributed by atoms with E-state index in [1.54, 1.807) is 12.1 Å². The standard InChI is InChI=1S/C23H20FN3O/c1-15-12-16(2)14-20(13-15)25-21(17-8-10-19(24)11-9-17)23-27-26-22(28-23)18-6-4-3-5-7-18/h3-14,21,25H,1-2H3. The summed E-state index contributed by atoms with van der Waals surface area (Å²) < 4.78 is 19.4. The third-order valence-corrected chi connectivity index (χ3v) is 4.44. The lowest BCUT2D eigenvalue weighted by Gasteiger charge is -2.18. The lowest BCUT2D eigenvalue weighted by Crippen LogP contribution is -2.13. The summed E-state index contributed by atoms with van der Waals surface area (Å²) in [7, 11) is 0. The van der Waals surface area contributed by atoms with Crippen LogP contribution in [0.15, 0.2) is 77.2 Å². The van der Waals surface area contributed by atoms with Crippen molar-refractivity contribution < 1.29 is 8.81 Å². The van der Waals surface area contributed by atoms with Gasteiger partial charge in [-0.1, -0.05) is 36.4 Å². The average molecular weight is 373 g/mol. The van der Waals surface area contributed by atoms with Gasteiger partial charge < -0.3 is 9.73 Å². The van der Waals surface area contributed by atoms with Crippen molar-refractivity contribution in [2.45, 2.75) is 19.9 Å². The predicted molar refractivity (Wildman–Crippen MR) is 108 cm³/mol. The van der Waals surface area contributed by atoms with Crippen molar-refractivity contribution >= 4 is 5.69 Å². The monoisotopic (exact) mass is 373 g/mol. The highest BCUT2D eigenvalue weighted by Crippen LogP contribution is 2.29. The van der Waals surface area contributed by atoms with Crippen LogP contribution in [0.5, 0.6) is 0 Å². The van der Waals surface area contributed by atoms with Gasteiger partial charge in [-0.2, -0.15) is 0 Å². The maximum Gasteiger partial charge on any atom is 0.247 e. The van der Waals surface area contributed by atoms with E-state index in [1.807, 2.05) is 44.2 Å². The van der Waals surface area contributed by atoms with Gasteiger partial charge in [0.15, 0.2) is 0 Å². The van der Waals surface area contributed by atoms with Crippen molar-refractivity contribution in [3.05, 3.63) is 101 Å². The van der Waals surface area contributed by atoms with Gasteiger partial charge in [0.25, 0.3) is 0 Å². The molecular weight excluding hydrogens is 353 g/mol. The molecule has 0 amide bonds. The third kappa shape index (κ3) is 3.93. The van der Waals surface area contributed by atoms with Crippen LogP contribution in [0, 0.1) is 19.7 Å². The van der Waals surface area contributed by atoms with Gasteiger partial charge in [0.1, 0.15) is 11.9 Å². The quantitative estimate of drug-likeness (QED) is 0.488. The second-order valence-corrected chi connectivity index (χ2v) is 6.82. The van der Waals surface area contributed by atoms with E-state index in [9.17, 15) is 4.39 Å². The Morgan fingerprint density at radius 1 is 0.857 bits per heavy atom. The lowest BCUT2D eigenvalue weighted by atomic mass is 10.1. The smallest absolute Gasteiger partial charge is 0.247 e. The molecule has 4 aromatic rings. The van der Waals surface area contributed by atoms with Crippen LogP contribution in [0.4, 0.5) is 10.1 Å². The van der Waals surface area contributed by atoms with Crippen LogP contribution in [0.1, 0.15) is 28.6 Å². The zero-order valence-electron chi connectivity index (χ0n) is 15.7. The van der Waals surface area contributed by atoms with Gasteiger partial charge in [-0.3, -0.25) is 0 Å². The SMILES string of the molecule is Cc1cc(C)cc(NC(c2ccc(F)cc2)c2nnc(-c3ccccc3)o2)c1. The number of hydrogen-bond donors (Lipinski definition) is 1. The van der Waals surface area contributed by atoms with Crippen LogP contribution in [0.3, 0.4) is 0 Å². The number of nitrogens with one attached hydrogen (secondary N) is 1. The van der Waals surface area contributed by atoms with Gasteiger partial charge in [-0.15, -0.1) is 10.2 Å². The molecule has 0 saturated carbocycles. The van der Waals surface area contributed by atoms with Gasteiger partial charge >= 0.3 is 0 Å². The first-order chi connectivity index (χ1) is 13.6. The molecule has 1 heterocycles. The largest absolute Gasteiger partial charge is 0.418 e. The molecule has 1 aromatic heterocycles. The summed E-state index contributed by atoms with van der Waals surface area (Å²) in [5.41, 5.74) is 4.92. The summed E-state index contributed by atoms with van der Waals surface area (Å²) in [6.45, 7) is 4.09. The van der Waals surface area contributed by atoms with Gasteiger partial charge in [0, 0.05) is 11.3 Å². The number of rotatable bonds is 5. The molecule has 4 nitrogen and oxygen atoms in total. The molecular formula is C23H20FN3O. The fraction of sp³-hybridized carbons (Fsp3) is 0.130. The fourth-order valence-electron chi connectivity index (χ4n) is 3.22. The first kappa shape index (κ1) is 17.9. The number of halogens is 1. The normalized spacial score (nSPS) is 12.0. The Labute approximate surface area is 163 Å². The van der Waals surface area contributed by atoms with E-state index in [-0.39, 0.29) is 5.82 Å². The number of hydrogen-bond acceptors (Lipinski definition) is 4. The minimum absolute atomic E-state index is 0.288. The van der Waals surface area contributed by atoms with Crippen molar-refractivity contribution in [2.24, 2.45) is 0 Å². The molecule has 5 heteroatoms. The van der Waals surface area contributed by atoms with E-state index in [0.29, 0.717) is 11.8 Å². The molecule has 0 fully saturated rings. The Morgan fingerprint density at radius 2 is 1.54 bits per heavy atom. The van der Waals surface area contributed by atoms with Crippen LogP contribution in [-0.4, -0.2) is 10.2 Å². The molecule has 3 aromatic carbocycles. The molecule has 0 aliphatic carbocycles. The van der Waals surface area contributed by atoms with Crippen molar-refractivity contribution in [3.8, 4) is 11.5 Å². The molecule has 4 rings (SSSR count). The van der Waals surface area contributed by atoms with E-state index in [1.165, 1.54) is 12.1 Å². The van der Waals surface area contributed by atoms with Crippen LogP contribution < -0.4 is 5.32 Å². The highest BCUT2D eigenvalue weighted by molar-refractivity contribution is 5.53. The Morgan fingerprint density at radius 3 is 2.21 bits per heavy atom. The zero-order valence-corrected chi connectivity index (χ0v) is 15.7. The van der Waals surface area contributed by atoms with E-state index >= 15 is 0 Å². The summed E-state index contributed by atoms with van der Waals surface area (Å²) in [5, 5.41) is 11.9. The highest BCUT2D eigenvalue weighted by atomic mass is 19.1. The van der Waals surface area contributed by atoms with Crippen LogP contribution >= 0.6 is 0 Å². The van der Waals surface area contributed by atoms with Crippen molar-refractivity contribution in [1.82, 2.24) is 10.2 Å². The van der Waals surface area contributed by atoms with E-state index in [4.69, 9.17) is 4.42 Å². The topological polar surface area (TPSA) is 51.0 Å². The minimum Gasteiger partial charge on any atom is -0.418 e. The molecule has 140 valence electrons. The predicted octanol–water partition coefficient (Wildman–Crippen LogP) is 5.69. The molecule has 0 radical (unpaired) electrons. The molecule has 0 aliphatic rings. The number of benzene rings is 3. The van der Waals surface area contributed by atoms with Crippen LogP contribution in [0.25, 0.3) is 11.5 Å². The van der Waals surface area contributed by atoms with Crippen molar-refractivity contribution in [2.75, 3.05) is 5.32 Å². The molecule has 28 heavy (non-hydrogen) atoms. The molecule has 1 atom stereocenters. The first-order valence-electron chi connectivity index (χ1n) is 9.07. The third-order valence-electron chi connectivity index (χ3n) is 4.44. The average Bonchev–Trinajstić information content (AvgIpc) is 3.17. The Hall–Kier alpha value is -3.47. The van der Waals surface area contributed by atoms with Crippen molar-refractivity contribution in [3.63, 3.8) is 0 Å². The number of anilines is 1. The second kappa shape index (κ2) is 7.64. The number of nitrogens with zero attached hydrogens (tertiary/aromatic N) is 2. The maximum atomic E-state index is 13.4. The number of aryl methyl sites for hydroxylation is 2. The van der Waals surface area contributed by atoms with Gasteiger partial charge in [-0.05, 0) is 66.9 Å². The van der Waals surface area contributed by atoms with Gasteiger partial charge in [-0.25, -0.2) is 4.39 Å². The van der Waals surface area contributed by atoms with E-state index in [2.05, 4.69) is 33.7 Å². The van der Waals surface area contributed by atoms with Gasteiger partial charge in [0.05, 0.1) is 0 Å². The summed E-state index contributed by atoms with van der Waals surface area (Å²) in [6, 6.07) is 21.7. The molecule has 0 bridgehead atoms. The van der Waals surface area contributed by atoms with E-state index < -0.39 is 6.04 Å². The summed E-state index contributed by atoms with van der Waals surface area (Å²) >= 11 is 0. The Kier molecular flexibility index (Phi) is 4.89.